The molecule has 6 heteroatoms. The van der Waals surface area contributed by atoms with Crippen LogP contribution in [0, 0.1) is 6.92 Å². The minimum absolute atomic E-state index is 0.393. The van der Waals surface area contributed by atoms with Gasteiger partial charge in [-0.05, 0) is 13.0 Å². The highest BCUT2D eigenvalue weighted by atomic mass is 35.5. The smallest absolute Gasteiger partial charge is 0.335 e. The Morgan fingerprint density at radius 3 is 2.86 bits per heavy atom. The van der Waals surface area contributed by atoms with E-state index >= 15 is 0 Å². The largest absolute Gasteiger partial charge is 0.417 e. The number of hydrogen-bond acceptors (Lipinski definition) is 3. The van der Waals surface area contributed by atoms with Crippen LogP contribution < -0.4 is 4.74 Å². The van der Waals surface area contributed by atoms with E-state index in [0.717, 1.165) is 17.0 Å². The second kappa shape index (κ2) is 5.35. The number of aryl methyl sites for hydroxylation is 2. The summed E-state index contributed by atoms with van der Waals surface area (Å²) in [5.41, 5.74) is 1.52. The number of benzene rings is 1. The van der Waals surface area contributed by atoms with Gasteiger partial charge >= 0.3 is 5.97 Å². The lowest BCUT2D eigenvalue weighted by Gasteiger charge is -2.09. The molecular weight excluding hydrogens is 302 g/mol. The van der Waals surface area contributed by atoms with Crippen LogP contribution >= 0.6 is 11.6 Å². The fraction of sp³-hybridized carbons (Fsp3) is 0.125. The van der Waals surface area contributed by atoms with Crippen molar-refractivity contribution in [2.45, 2.75) is 6.92 Å². The Morgan fingerprint density at radius 2 is 2.14 bits per heavy atom. The first kappa shape index (κ1) is 14.4. The summed E-state index contributed by atoms with van der Waals surface area (Å²) < 4.78 is 8.88. The van der Waals surface area contributed by atoms with Gasteiger partial charge < -0.3 is 4.74 Å². The predicted octanol–water partition coefficient (Wildman–Crippen LogP) is 3.42. The Kier molecular flexibility index (Phi) is 3.50. The van der Waals surface area contributed by atoms with Crippen molar-refractivity contribution in [3.63, 3.8) is 0 Å². The van der Waals surface area contributed by atoms with Gasteiger partial charge in [-0.2, -0.15) is 5.10 Å². The highest BCUT2D eigenvalue weighted by molar-refractivity contribution is 6.35. The third-order valence-corrected chi connectivity index (χ3v) is 3.70. The Hall–Kier alpha value is -2.53. The van der Waals surface area contributed by atoms with E-state index in [0.29, 0.717) is 22.3 Å². The summed E-state index contributed by atoms with van der Waals surface area (Å²) in [6, 6.07) is 7.73. The summed E-state index contributed by atoms with van der Waals surface area (Å²) in [5.74, 6) is 0.500. The van der Waals surface area contributed by atoms with Crippen LogP contribution in [0.25, 0.3) is 16.7 Å². The molecule has 112 valence electrons. The molecule has 0 unspecified atom stereocenters. The lowest BCUT2D eigenvalue weighted by atomic mass is 10.2. The van der Waals surface area contributed by atoms with Gasteiger partial charge in [0.2, 0.25) is 0 Å². The van der Waals surface area contributed by atoms with E-state index in [1.807, 2.05) is 28.8 Å². The highest BCUT2D eigenvalue weighted by Crippen LogP contribution is 2.33. The second-order valence-electron chi connectivity index (χ2n) is 4.85. The number of halogens is 1. The molecule has 0 saturated carbocycles. The van der Waals surface area contributed by atoms with Crippen molar-refractivity contribution in [3.05, 3.63) is 53.8 Å². The van der Waals surface area contributed by atoms with E-state index < -0.39 is 5.97 Å². The topological polar surface area (TPSA) is 49.0 Å². The van der Waals surface area contributed by atoms with Gasteiger partial charge in [-0.1, -0.05) is 36.4 Å². The van der Waals surface area contributed by atoms with E-state index in [9.17, 15) is 4.79 Å². The fourth-order valence-corrected chi connectivity index (χ4v) is 2.72. The van der Waals surface area contributed by atoms with Crippen LogP contribution in [-0.4, -0.2) is 20.3 Å². The van der Waals surface area contributed by atoms with E-state index in [2.05, 4.69) is 11.7 Å². The van der Waals surface area contributed by atoms with Crippen molar-refractivity contribution >= 4 is 28.5 Å². The molecule has 0 radical (unpaired) electrons. The zero-order valence-electron chi connectivity index (χ0n) is 12.2. The number of carbonyl (C=O) groups excluding carboxylic acids is 1. The molecule has 2 heterocycles. The molecule has 0 aliphatic carbocycles. The molecule has 0 aliphatic heterocycles. The lowest BCUT2D eigenvalue weighted by Crippen LogP contribution is -2.08. The fourth-order valence-electron chi connectivity index (χ4n) is 2.47. The van der Waals surface area contributed by atoms with Crippen LogP contribution in [-0.2, 0) is 11.8 Å². The van der Waals surface area contributed by atoms with Gasteiger partial charge in [0.1, 0.15) is 5.69 Å². The molecule has 22 heavy (non-hydrogen) atoms. The van der Waals surface area contributed by atoms with E-state index in [1.165, 1.54) is 0 Å². The van der Waals surface area contributed by atoms with Crippen molar-refractivity contribution in [2.24, 2.45) is 7.05 Å². The normalized spacial score (nSPS) is 10.9. The van der Waals surface area contributed by atoms with Gasteiger partial charge in [-0.3, -0.25) is 4.57 Å². The first-order chi connectivity index (χ1) is 10.5. The molecule has 0 amide bonds. The molecule has 2 aromatic heterocycles. The summed E-state index contributed by atoms with van der Waals surface area (Å²) in [4.78, 5) is 11.6. The molecule has 3 rings (SSSR count). The summed E-state index contributed by atoms with van der Waals surface area (Å²) in [7, 11) is 1.79. The highest BCUT2D eigenvalue weighted by Gasteiger charge is 2.21. The van der Waals surface area contributed by atoms with Crippen LogP contribution in [0.2, 0.25) is 5.02 Å². The average molecular weight is 316 g/mol. The molecule has 1 aromatic carbocycles. The first-order valence-corrected chi connectivity index (χ1v) is 7.04. The number of carbonyl (C=O) groups is 1. The van der Waals surface area contributed by atoms with Crippen LogP contribution in [0.15, 0.2) is 43.1 Å². The quantitative estimate of drug-likeness (QED) is 0.549. The number of esters is 1. The Balaban J connectivity index is 2.27. The number of rotatable bonds is 3. The molecule has 0 N–H and O–H groups in total. The maximum atomic E-state index is 11.6. The molecule has 0 fully saturated rings. The number of nitrogens with zero attached hydrogens (tertiary/aromatic N) is 3. The summed E-state index contributed by atoms with van der Waals surface area (Å²) in [6.07, 6.45) is 2.91. The molecule has 0 aliphatic rings. The van der Waals surface area contributed by atoms with Crippen LogP contribution in [0.5, 0.6) is 5.75 Å². The number of fused-ring (bicyclic) bond motifs is 1. The Morgan fingerprint density at radius 1 is 1.41 bits per heavy atom. The standard InChI is InChI=1S/C16H14ClN3O2/c1-4-14(21)22-15-10(2)18-19(3)16(15)20-9-12(17)11-7-5-6-8-13(11)20/h4-9H,1H2,2-3H3. The Bertz CT molecular complexity index is 892. The van der Waals surface area contributed by atoms with Crippen molar-refractivity contribution in [3.8, 4) is 11.6 Å². The van der Waals surface area contributed by atoms with Gasteiger partial charge in [0.25, 0.3) is 0 Å². The molecule has 3 aromatic rings. The van der Waals surface area contributed by atoms with Crippen molar-refractivity contribution < 1.29 is 9.53 Å². The minimum Gasteiger partial charge on any atom is -0.417 e. The van der Waals surface area contributed by atoms with Crippen LogP contribution in [0.3, 0.4) is 0 Å². The lowest BCUT2D eigenvalue weighted by molar-refractivity contribution is -0.129. The number of para-hydroxylation sites is 1. The van der Waals surface area contributed by atoms with Crippen molar-refractivity contribution in [2.75, 3.05) is 0 Å². The second-order valence-corrected chi connectivity index (χ2v) is 5.26. The van der Waals surface area contributed by atoms with Gasteiger partial charge in [-0.25, -0.2) is 9.48 Å². The van der Waals surface area contributed by atoms with Gasteiger partial charge in [0.15, 0.2) is 11.6 Å². The van der Waals surface area contributed by atoms with Crippen LogP contribution in [0.1, 0.15) is 5.69 Å². The predicted molar refractivity (Wildman–Crippen MR) is 85.6 cm³/mol. The van der Waals surface area contributed by atoms with Crippen molar-refractivity contribution in [1.82, 2.24) is 14.3 Å². The van der Waals surface area contributed by atoms with E-state index in [-0.39, 0.29) is 0 Å². The monoisotopic (exact) mass is 315 g/mol. The molecular formula is C16H14ClN3O2. The van der Waals surface area contributed by atoms with E-state index in [1.54, 1.807) is 24.9 Å². The maximum Gasteiger partial charge on any atom is 0.335 e. The minimum atomic E-state index is -0.528. The molecule has 0 saturated heterocycles. The summed E-state index contributed by atoms with van der Waals surface area (Å²) in [5, 5.41) is 5.87. The molecule has 0 atom stereocenters. The zero-order valence-corrected chi connectivity index (χ0v) is 13.0. The summed E-state index contributed by atoms with van der Waals surface area (Å²) in [6.45, 7) is 5.20. The third kappa shape index (κ3) is 2.19. The zero-order chi connectivity index (χ0) is 15.9. The summed E-state index contributed by atoms with van der Waals surface area (Å²) >= 11 is 6.30. The van der Waals surface area contributed by atoms with Gasteiger partial charge in [0, 0.05) is 24.7 Å². The maximum absolute atomic E-state index is 11.6. The van der Waals surface area contributed by atoms with Crippen molar-refractivity contribution in [1.29, 1.82) is 0 Å². The SMILES string of the molecule is C=CC(=O)Oc1c(C)nn(C)c1-n1cc(Cl)c2ccccc21. The Labute approximate surface area is 132 Å². The molecule has 0 bridgehead atoms. The molecule has 5 nitrogen and oxygen atoms in total. The number of aromatic nitrogens is 3. The molecule has 0 spiro atoms. The van der Waals surface area contributed by atoms with Crippen LogP contribution in [0.4, 0.5) is 0 Å². The van der Waals surface area contributed by atoms with Gasteiger partial charge in [0.05, 0.1) is 10.5 Å². The third-order valence-electron chi connectivity index (χ3n) is 3.40. The first-order valence-electron chi connectivity index (χ1n) is 6.66. The number of ether oxygens (including phenoxy) is 1. The average Bonchev–Trinajstić information content (AvgIpc) is 2.97. The van der Waals surface area contributed by atoms with E-state index in [4.69, 9.17) is 16.3 Å². The van der Waals surface area contributed by atoms with Gasteiger partial charge in [-0.15, -0.1) is 0 Å². The number of hydrogen-bond donors (Lipinski definition) is 0.